The minimum Gasteiger partial charge on any atom is -0.326 e. The summed E-state index contributed by atoms with van der Waals surface area (Å²) in [5.74, 6) is 1.07. The van der Waals surface area contributed by atoms with E-state index in [1.165, 1.54) is 5.56 Å². The predicted octanol–water partition coefficient (Wildman–Crippen LogP) is 4.18. The van der Waals surface area contributed by atoms with E-state index in [1.54, 1.807) is 0 Å². The van der Waals surface area contributed by atoms with Gasteiger partial charge in [0.1, 0.15) is 0 Å². The van der Waals surface area contributed by atoms with Gasteiger partial charge in [0.2, 0.25) is 5.91 Å². The van der Waals surface area contributed by atoms with Gasteiger partial charge < -0.3 is 5.32 Å². The second-order valence-corrected chi connectivity index (χ2v) is 5.08. The lowest BCUT2D eigenvalue weighted by Crippen LogP contribution is -2.13. The lowest BCUT2D eigenvalue weighted by Gasteiger charge is -2.11. The molecule has 1 N–H and O–H groups in total. The van der Waals surface area contributed by atoms with E-state index >= 15 is 0 Å². The smallest absolute Gasteiger partial charge is 0.224 e. The van der Waals surface area contributed by atoms with Crippen molar-refractivity contribution in [2.45, 2.75) is 46.5 Å². The fraction of sp³-hybridized carbons (Fsp3) is 0.533. The van der Waals surface area contributed by atoms with Crippen molar-refractivity contribution in [3.05, 3.63) is 29.8 Å². The highest BCUT2D eigenvalue weighted by Gasteiger charge is 2.06. The Morgan fingerprint density at radius 1 is 1.18 bits per heavy atom. The Morgan fingerprint density at radius 2 is 1.76 bits per heavy atom. The second kappa shape index (κ2) is 6.43. The van der Waals surface area contributed by atoms with Gasteiger partial charge >= 0.3 is 0 Å². The van der Waals surface area contributed by atoms with Crippen LogP contribution >= 0.6 is 0 Å². The molecule has 0 aliphatic rings. The maximum absolute atomic E-state index is 11.6. The highest BCUT2D eigenvalue weighted by atomic mass is 16.1. The summed E-state index contributed by atoms with van der Waals surface area (Å²) in [4.78, 5) is 11.6. The number of hydrogen-bond donors (Lipinski definition) is 1. The van der Waals surface area contributed by atoms with Crippen LogP contribution in [0.4, 0.5) is 5.69 Å². The number of nitrogens with one attached hydrogen (secondary N) is 1. The van der Waals surface area contributed by atoms with Crippen molar-refractivity contribution in [1.82, 2.24) is 0 Å². The van der Waals surface area contributed by atoms with Crippen molar-refractivity contribution < 1.29 is 4.79 Å². The molecule has 1 rings (SSSR count). The van der Waals surface area contributed by atoms with E-state index in [4.69, 9.17) is 0 Å². The highest BCUT2D eigenvalue weighted by molar-refractivity contribution is 5.90. The summed E-state index contributed by atoms with van der Waals surface area (Å²) in [5, 5.41) is 2.92. The first-order valence-electron chi connectivity index (χ1n) is 6.42. The van der Waals surface area contributed by atoms with Crippen LogP contribution in [-0.2, 0) is 4.79 Å². The zero-order chi connectivity index (χ0) is 12.8. The quantitative estimate of drug-likeness (QED) is 0.812. The van der Waals surface area contributed by atoms with Gasteiger partial charge in [-0.25, -0.2) is 0 Å². The number of benzene rings is 1. The van der Waals surface area contributed by atoms with E-state index in [-0.39, 0.29) is 5.91 Å². The minimum absolute atomic E-state index is 0.0938. The van der Waals surface area contributed by atoms with E-state index < -0.39 is 0 Å². The van der Waals surface area contributed by atoms with Crippen LogP contribution in [0.2, 0.25) is 0 Å². The van der Waals surface area contributed by atoms with Crippen molar-refractivity contribution in [1.29, 1.82) is 0 Å². The number of carbonyl (C=O) groups is 1. The first-order valence-corrected chi connectivity index (χ1v) is 6.42. The van der Waals surface area contributed by atoms with E-state index in [0.29, 0.717) is 18.3 Å². The van der Waals surface area contributed by atoms with Crippen LogP contribution in [-0.4, -0.2) is 5.91 Å². The number of amides is 1. The van der Waals surface area contributed by atoms with Gasteiger partial charge in [0.15, 0.2) is 0 Å². The first kappa shape index (κ1) is 13.8. The molecule has 1 aromatic rings. The topological polar surface area (TPSA) is 29.1 Å². The van der Waals surface area contributed by atoms with Gasteiger partial charge in [0.25, 0.3) is 0 Å². The monoisotopic (exact) mass is 233 g/mol. The molecular weight excluding hydrogens is 210 g/mol. The zero-order valence-electron chi connectivity index (χ0n) is 11.3. The third-order valence-corrected chi connectivity index (χ3v) is 2.97. The van der Waals surface area contributed by atoms with Gasteiger partial charge in [-0.15, -0.1) is 0 Å². The average Bonchev–Trinajstić information content (AvgIpc) is 2.28. The van der Waals surface area contributed by atoms with Crippen LogP contribution in [0.3, 0.4) is 0 Å². The molecule has 1 unspecified atom stereocenters. The maximum atomic E-state index is 11.6. The molecule has 0 aromatic heterocycles. The van der Waals surface area contributed by atoms with E-state index in [0.717, 1.165) is 12.1 Å². The van der Waals surface area contributed by atoms with Crippen LogP contribution in [0.15, 0.2) is 24.3 Å². The lowest BCUT2D eigenvalue weighted by atomic mass is 9.98. The Bertz CT molecular complexity index is 354. The molecule has 0 aliphatic carbocycles. The minimum atomic E-state index is 0.0938. The summed E-state index contributed by atoms with van der Waals surface area (Å²) in [6, 6.07) is 8.16. The summed E-state index contributed by atoms with van der Waals surface area (Å²) < 4.78 is 0. The highest BCUT2D eigenvalue weighted by Crippen LogP contribution is 2.20. The molecule has 0 saturated carbocycles. The molecule has 2 nitrogen and oxygen atoms in total. The Hall–Kier alpha value is -1.31. The molecule has 0 spiro atoms. The Balaban J connectivity index is 2.59. The average molecular weight is 233 g/mol. The van der Waals surface area contributed by atoms with Gasteiger partial charge in [-0.3, -0.25) is 4.79 Å². The molecule has 0 radical (unpaired) electrons. The van der Waals surface area contributed by atoms with Crippen LogP contribution in [0, 0.1) is 5.92 Å². The van der Waals surface area contributed by atoms with Crippen molar-refractivity contribution in [3.8, 4) is 0 Å². The van der Waals surface area contributed by atoms with Crippen LogP contribution in [0.25, 0.3) is 0 Å². The van der Waals surface area contributed by atoms with Gasteiger partial charge in [-0.2, -0.15) is 0 Å². The van der Waals surface area contributed by atoms with Crippen molar-refractivity contribution in [2.75, 3.05) is 5.32 Å². The standard InChI is InChI=1S/C15H23NO/c1-5-12(4)13-6-8-14(9-7-13)16-15(17)10-11(2)3/h6-9,11-12H,5,10H2,1-4H3,(H,16,17). The van der Waals surface area contributed by atoms with Crippen LogP contribution < -0.4 is 5.32 Å². The zero-order valence-corrected chi connectivity index (χ0v) is 11.3. The van der Waals surface area contributed by atoms with Gasteiger partial charge in [-0.05, 0) is 36.0 Å². The number of rotatable bonds is 5. The molecule has 0 saturated heterocycles. The second-order valence-electron chi connectivity index (χ2n) is 5.08. The van der Waals surface area contributed by atoms with Crippen LogP contribution in [0.5, 0.6) is 0 Å². The summed E-state index contributed by atoms with van der Waals surface area (Å²) in [5.41, 5.74) is 2.22. The van der Waals surface area contributed by atoms with E-state index in [9.17, 15) is 4.79 Å². The molecule has 1 amide bonds. The molecule has 1 atom stereocenters. The van der Waals surface area contributed by atoms with E-state index in [2.05, 4.69) is 31.3 Å². The molecular formula is C15H23NO. The fourth-order valence-electron chi connectivity index (χ4n) is 1.71. The van der Waals surface area contributed by atoms with Crippen LogP contribution in [0.1, 0.15) is 52.0 Å². The molecule has 0 bridgehead atoms. The molecule has 1 aromatic carbocycles. The largest absolute Gasteiger partial charge is 0.326 e. The summed E-state index contributed by atoms with van der Waals surface area (Å²) in [7, 11) is 0. The lowest BCUT2D eigenvalue weighted by molar-refractivity contribution is -0.116. The predicted molar refractivity (Wildman–Crippen MR) is 73.2 cm³/mol. The molecule has 94 valence electrons. The molecule has 2 heteroatoms. The third-order valence-electron chi connectivity index (χ3n) is 2.97. The van der Waals surface area contributed by atoms with Gasteiger partial charge in [0, 0.05) is 12.1 Å². The Kier molecular flexibility index (Phi) is 5.20. The molecule has 17 heavy (non-hydrogen) atoms. The van der Waals surface area contributed by atoms with Crippen molar-refractivity contribution in [3.63, 3.8) is 0 Å². The molecule has 0 fully saturated rings. The maximum Gasteiger partial charge on any atom is 0.224 e. The fourth-order valence-corrected chi connectivity index (χ4v) is 1.71. The van der Waals surface area contributed by atoms with Crippen molar-refractivity contribution >= 4 is 11.6 Å². The number of carbonyl (C=O) groups excluding carboxylic acids is 1. The molecule has 0 aliphatic heterocycles. The summed E-state index contributed by atoms with van der Waals surface area (Å²) in [6.07, 6.45) is 1.71. The number of anilines is 1. The summed E-state index contributed by atoms with van der Waals surface area (Å²) >= 11 is 0. The van der Waals surface area contributed by atoms with Gasteiger partial charge in [-0.1, -0.05) is 39.8 Å². The Labute approximate surface area is 104 Å². The third kappa shape index (κ3) is 4.59. The van der Waals surface area contributed by atoms with Gasteiger partial charge in [0.05, 0.1) is 0 Å². The van der Waals surface area contributed by atoms with E-state index in [1.807, 2.05) is 26.0 Å². The van der Waals surface area contributed by atoms with Crippen molar-refractivity contribution in [2.24, 2.45) is 5.92 Å². The summed E-state index contributed by atoms with van der Waals surface area (Å²) in [6.45, 7) is 8.49. The number of hydrogen-bond acceptors (Lipinski definition) is 1. The Morgan fingerprint density at radius 3 is 2.24 bits per heavy atom. The molecule has 0 heterocycles. The normalized spacial score (nSPS) is 12.5. The first-order chi connectivity index (χ1) is 8.02. The SMILES string of the molecule is CCC(C)c1ccc(NC(=O)CC(C)C)cc1.